The Kier molecular flexibility index (Phi) is 4.38. The van der Waals surface area contributed by atoms with E-state index >= 15 is 0 Å². The van der Waals surface area contributed by atoms with E-state index in [0.29, 0.717) is 32.8 Å². The number of hydrogen-bond donors (Lipinski definition) is 3. The fraction of sp³-hybridized carbons (Fsp3) is 0.312. The van der Waals surface area contributed by atoms with Crippen LogP contribution in [0.15, 0.2) is 18.2 Å². The number of hydrogen-bond acceptors (Lipinski definition) is 3. The second-order valence-electron chi connectivity index (χ2n) is 6.62. The molecule has 2 aromatic heterocycles. The number of halogens is 2. The minimum Gasteiger partial charge on any atom is -0.341 e. The number of anilines is 1. The van der Waals surface area contributed by atoms with Crippen molar-refractivity contribution in [2.75, 3.05) is 12.4 Å². The fourth-order valence-corrected chi connectivity index (χ4v) is 3.09. The van der Waals surface area contributed by atoms with Gasteiger partial charge in [-0.05, 0) is 18.2 Å². The monoisotopic (exact) mass is 380 g/mol. The van der Waals surface area contributed by atoms with Crippen molar-refractivity contribution in [1.29, 1.82) is 0 Å². The van der Waals surface area contributed by atoms with E-state index in [1.54, 1.807) is 22.8 Å². The summed E-state index contributed by atoms with van der Waals surface area (Å²) in [6.07, 6.45) is 0. The summed E-state index contributed by atoms with van der Waals surface area (Å²) in [5, 5.41) is 13.7. The lowest BCUT2D eigenvalue weighted by atomic mass is 9.92. The summed E-state index contributed by atoms with van der Waals surface area (Å²) in [4.78, 5) is 15.9. The molecule has 0 saturated carbocycles. The second-order valence-corrected chi connectivity index (χ2v) is 7.41. The number of aromatic nitrogens is 4. The van der Waals surface area contributed by atoms with Gasteiger partial charge >= 0.3 is 6.03 Å². The number of amides is 2. The first-order valence-corrected chi connectivity index (χ1v) is 8.39. The number of aromatic amines is 1. The molecule has 3 N–H and O–H groups in total. The highest BCUT2D eigenvalue weighted by Gasteiger charge is 2.24. The SMILES string of the molecule is CNC(=O)Nc1ccc(-c2nc3c(Cl)c(C(C)(C)C)[nH]n3n2)c(Cl)c1. The van der Waals surface area contributed by atoms with Crippen molar-refractivity contribution in [2.45, 2.75) is 26.2 Å². The van der Waals surface area contributed by atoms with Gasteiger partial charge in [-0.2, -0.15) is 4.63 Å². The highest BCUT2D eigenvalue weighted by Crippen LogP contribution is 2.33. The molecule has 2 heterocycles. The summed E-state index contributed by atoms with van der Waals surface area (Å²) in [6.45, 7) is 6.17. The van der Waals surface area contributed by atoms with Crippen molar-refractivity contribution in [1.82, 2.24) is 25.1 Å². The van der Waals surface area contributed by atoms with Gasteiger partial charge in [-0.15, -0.1) is 5.10 Å². The van der Waals surface area contributed by atoms with Crippen LogP contribution in [0.5, 0.6) is 0 Å². The molecule has 0 spiro atoms. The number of nitrogens with zero attached hydrogens (tertiary/aromatic N) is 3. The first-order valence-electron chi connectivity index (χ1n) is 7.64. The van der Waals surface area contributed by atoms with Crippen molar-refractivity contribution in [3.05, 3.63) is 33.9 Å². The van der Waals surface area contributed by atoms with Gasteiger partial charge in [0.25, 0.3) is 0 Å². The smallest absolute Gasteiger partial charge is 0.318 e. The lowest BCUT2D eigenvalue weighted by Gasteiger charge is -2.16. The maximum Gasteiger partial charge on any atom is 0.318 e. The third kappa shape index (κ3) is 3.29. The van der Waals surface area contributed by atoms with Crippen LogP contribution in [0.4, 0.5) is 10.5 Å². The molecule has 132 valence electrons. The number of nitrogens with one attached hydrogen (secondary N) is 3. The third-order valence-electron chi connectivity index (χ3n) is 3.69. The Morgan fingerprint density at radius 1 is 1.28 bits per heavy atom. The van der Waals surface area contributed by atoms with E-state index in [-0.39, 0.29) is 11.4 Å². The number of benzene rings is 1. The second kappa shape index (κ2) is 6.24. The molecule has 2 amide bonds. The van der Waals surface area contributed by atoms with E-state index in [1.165, 1.54) is 7.05 Å². The average molecular weight is 381 g/mol. The Morgan fingerprint density at radius 2 is 2.00 bits per heavy atom. The van der Waals surface area contributed by atoms with Crippen LogP contribution in [-0.2, 0) is 5.41 Å². The molecular formula is C16H18Cl2N6O. The van der Waals surface area contributed by atoms with Crippen LogP contribution in [0.3, 0.4) is 0 Å². The lowest BCUT2D eigenvalue weighted by Crippen LogP contribution is -2.24. The quantitative estimate of drug-likeness (QED) is 0.625. The maximum atomic E-state index is 11.4. The molecule has 7 nitrogen and oxygen atoms in total. The highest BCUT2D eigenvalue weighted by molar-refractivity contribution is 6.34. The number of carbonyl (C=O) groups is 1. The minimum absolute atomic E-state index is 0.148. The van der Waals surface area contributed by atoms with Gasteiger partial charge in [0.1, 0.15) is 5.02 Å². The van der Waals surface area contributed by atoms with E-state index < -0.39 is 0 Å². The fourth-order valence-electron chi connectivity index (χ4n) is 2.38. The van der Waals surface area contributed by atoms with E-state index in [1.807, 2.05) is 0 Å². The standard InChI is InChI=1S/C16H18Cl2N6O/c1-16(2,3)12-11(18)14-21-13(23-24(14)22-12)9-6-5-8(7-10(9)17)20-15(25)19-4/h5-7,22H,1-4H3,(H2,19,20,25). The first-order chi connectivity index (χ1) is 11.7. The van der Waals surface area contributed by atoms with Gasteiger partial charge in [0.2, 0.25) is 0 Å². The van der Waals surface area contributed by atoms with Crippen LogP contribution in [0.1, 0.15) is 26.5 Å². The van der Waals surface area contributed by atoms with E-state index in [0.717, 1.165) is 5.69 Å². The Hall–Kier alpha value is -2.25. The van der Waals surface area contributed by atoms with Crippen molar-refractivity contribution < 1.29 is 4.79 Å². The maximum absolute atomic E-state index is 11.4. The molecule has 1 aromatic carbocycles. The molecule has 0 aliphatic heterocycles. The van der Waals surface area contributed by atoms with Gasteiger partial charge in [0, 0.05) is 23.7 Å². The number of H-pyrrole nitrogens is 1. The van der Waals surface area contributed by atoms with Crippen LogP contribution in [0.2, 0.25) is 10.0 Å². The molecule has 0 aliphatic carbocycles. The van der Waals surface area contributed by atoms with Crippen LogP contribution in [0.25, 0.3) is 17.0 Å². The van der Waals surface area contributed by atoms with Gasteiger partial charge in [0.15, 0.2) is 11.5 Å². The van der Waals surface area contributed by atoms with Gasteiger partial charge in [0.05, 0.1) is 10.7 Å². The molecule has 0 aliphatic rings. The van der Waals surface area contributed by atoms with Crippen molar-refractivity contribution in [2.24, 2.45) is 0 Å². The van der Waals surface area contributed by atoms with Crippen LogP contribution < -0.4 is 10.6 Å². The first kappa shape index (κ1) is 17.6. The topological polar surface area (TPSA) is 87.1 Å². The van der Waals surface area contributed by atoms with Crippen LogP contribution >= 0.6 is 23.2 Å². The summed E-state index contributed by atoms with van der Waals surface area (Å²) in [6, 6.07) is 4.80. The Labute approximate surface area is 154 Å². The van der Waals surface area contributed by atoms with Gasteiger partial charge in [-0.3, -0.25) is 5.10 Å². The van der Waals surface area contributed by atoms with Gasteiger partial charge < -0.3 is 10.6 Å². The Morgan fingerprint density at radius 3 is 2.56 bits per heavy atom. The van der Waals surface area contributed by atoms with Crippen molar-refractivity contribution in [3.63, 3.8) is 0 Å². The zero-order valence-electron chi connectivity index (χ0n) is 14.2. The predicted octanol–water partition coefficient (Wildman–Crippen LogP) is 4.08. The zero-order valence-corrected chi connectivity index (χ0v) is 15.7. The zero-order chi connectivity index (χ0) is 18.4. The Balaban J connectivity index is 1.98. The molecule has 0 radical (unpaired) electrons. The third-order valence-corrected chi connectivity index (χ3v) is 4.36. The number of rotatable bonds is 2. The molecule has 0 bridgehead atoms. The van der Waals surface area contributed by atoms with E-state index in [2.05, 4.69) is 46.6 Å². The van der Waals surface area contributed by atoms with Crippen molar-refractivity contribution >= 4 is 40.6 Å². The molecule has 0 unspecified atom stereocenters. The minimum atomic E-state index is -0.321. The largest absolute Gasteiger partial charge is 0.341 e. The molecule has 9 heteroatoms. The number of carbonyl (C=O) groups excluding carboxylic acids is 1. The molecular weight excluding hydrogens is 363 g/mol. The highest BCUT2D eigenvalue weighted by atomic mass is 35.5. The summed E-state index contributed by atoms with van der Waals surface area (Å²) in [5.74, 6) is 0.449. The summed E-state index contributed by atoms with van der Waals surface area (Å²) in [5.41, 5.74) is 2.49. The van der Waals surface area contributed by atoms with Crippen LogP contribution in [-0.4, -0.2) is 32.9 Å². The molecule has 0 fully saturated rings. The van der Waals surface area contributed by atoms with E-state index in [4.69, 9.17) is 23.2 Å². The Bertz CT molecular complexity index is 954. The lowest BCUT2D eigenvalue weighted by molar-refractivity contribution is 0.254. The normalized spacial score (nSPS) is 11.8. The average Bonchev–Trinajstić information content (AvgIpc) is 3.06. The van der Waals surface area contributed by atoms with Gasteiger partial charge in [-0.1, -0.05) is 44.0 Å². The number of urea groups is 1. The van der Waals surface area contributed by atoms with Crippen molar-refractivity contribution in [3.8, 4) is 11.4 Å². The van der Waals surface area contributed by atoms with Gasteiger partial charge in [-0.25, -0.2) is 9.78 Å². The molecule has 3 rings (SSSR count). The molecule has 25 heavy (non-hydrogen) atoms. The van der Waals surface area contributed by atoms with Crippen LogP contribution in [0, 0.1) is 0 Å². The number of fused-ring (bicyclic) bond motifs is 1. The summed E-state index contributed by atoms with van der Waals surface area (Å²) >= 11 is 12.8. The summed E-state index contributed by atoms with van der Waals surface area (Å²) < 4.78 is 1.55. The predicted molar refractivity (Wildman–Crippen MR) is 99.6 cm³/mol. The molecule has 0 saturated heterocycles. The van der Waals surface area contributed by atoms with E-state index in [9.17, 15) is 4.79 Å². The molecule has 0 atom stereocenters. The molecule has 3 aromatic rings. The summed E-state index contributed by atoms with van der Waals surface area (Å²) in [7, 11) is 1.54.